The maximum absolute atomic E-state index is 8.44. The largest absolute Gasteiger partial charge is 0.193 e. The highest BCUT2D eigenvalue weighted by Crippen LogP contribution is 2.23. The fourth-order valence-corrected chi connectivity index (χ4v) is 1.87. The van der Waals surface area contributed by atoms with Crippen LogP contribution in [0.5, 0.6) is 0 Å². The van der Waals surface area contributed by atoms with E-state index in [-0.39, 0.29) is 0 Å². The number of thiophene rings is 1. The van der Waals surface area contributed by atoms with Crippen molar-refractivity contribution >= 4 is 16.9 Å². The van der Waals surface area contributed by atoms with Crippen molar-refractivity contribution in [2.45, 2.75) is 20.3 Å². The van der Waals surface area contributed by atoms with Crippen molar-refractivity contribution in [3.63, 3.8) is 0 Å². The molecule has 0 aromatic carbocycles. The lowest BCUT2D eigenvalue weighted by Crippen LogP contribution is -1.68. The summed E-state index contributed by atoms with van der Waals surface area (Å²) in [6.45, 7) is 4.10. The van der Waals surface area contributed by atoms with Crippen LogP contribution >= 0.6 is 11.3 Å². The second-order valence-electron chi connectivity index (χ2n) is 2.58. The van der Waals surface area contributed by atoms with Crippen LogP contribution in [0.4, 0.5) is 0 Å². The molecule has 62 valence electrons. The van der Waals surface area contributed by atoms with E-state index in [1.165, 1.54) is 9.75 Å². The third kappa shape index (κ3) is 1.96. The molecule has 0 fully saturated rings. The third-order valence-electron chi connectivity index (χ3n) is 1.68. The number of hydrogen-bond donors (Lipinski definition) is 0. The van der Waals surface area contributed by atoms with Gasteiger partial charge in [-0.15, -0.1) is 11.3 Å². The minimum absolute atomic E-state index is 1.06. The van der Waals surface area contributed by atoms with Gasteiger partial charge in [-0.25, -0.2) is 0 Å². The van der Waals surface area contributed by atoms with Crippen LogP contribution in [-0.4, -0.2) is 0 Å². The molecule has 0 saturated carbocycles. The molecule has 12 heavy (non-hydrogen) atoms. The van der Waals surface area contributed by atoms with E-state index in [9.17, 15) is 0 Å². The quantitative estimate of drug-likeness (QED) is 0.636. The fourth-order valence-electron chi connectivity index (χ4n) is 0.948. The molecule has 1 aromatic rings. The van der Waals surface area contributed by atoms with Crippen molar-refractivity contribution < 1.29 is 0 Å². The average molecular weight is 177 g/mol. The summed E-state index contributed by atoms with van der Waals surface area (Å²) in [5.74, 6) is 0. The summed E-state index contributed by atoms with van der Waals surface area (Å²) in [4.78, 5) is 2.57. The Morgan fingerprint density at radius 2 is 2.42 bits per heavy atom. The maximum atomic E-state index is 8.44. The zero-order chi connectivity index (χ0) is 8.97. The van der Waals surface area contributed by atoms with E-state index in [4.69, 9.17) is 5.26 Å². The summed E-state index contributed by atoms with van der Waals surface area (Å²) in [6, 6.07) is 6.23. The Kier molecular flexibility index (Phi) is 3.07. The average Bonchev–Trinajstić information content (AvgIpc) is 2.52. The minimum Gasteiger partial charge on any atom is -0.193 e. The van der Waals surface area contributed by atoms with E-state index >= 15 is 0 Å². The van der Waals surface area contributed by atoms with E-state index in [2.05, 4.69) is 19.1 Å². The van der Waals surface area contributed by atoms with E-state index in [0.717, 1.165) is 12.0 Å². The highest BCUT2D eigenvalue weighted by molar-refractivity contribution is 7.13. The molecule has 0 unspecified atom stereocenters. The van der Waals surface area contributed by atoms with Gasteiger partial charge in [0.2, 0.25) is 0 Å². The highest BCUT2D eigenvalue weighted by atomic mass is 32.1. The van der Waals surface area contributed by atoms with Crippen molar-refractivity contribution in [2.24, 2.45) is 0 Å². The van der Waals surface area contributed by atoms with Crippen molar-refractivity contribution in [3.8, 4) is 6.07 Å². The van der Waals surface area contributed by atoms with E-state index < -0.39 is 0 Å². The molecule has 0 spiro atoms. The van der Waals surface area contributed by atoms with Crippen molar-refractivity contribution in [1.29, 1.82) is 5.26 Å². The van der Waals surface area contributed by atoms with Gasteiger partial charge in [-0.1, -0.05) is 6.92 Å². The van der Waals surface area contributed by atoms with Gasteiger partial charge in [-0.2, -0.15) is 5.26 Å². The van der Waals surface area contributed by atoms with E-state index in [0.29, 0.717) is 0 Å². The standard InChI is InChI=1S/C10H11NS/c1-3-9-4-5-10(12-9)8(2)6-7-11/h4-6H,3H2,1-2H3. The summed E-state index contributed by atoms with van der Waals surface area (Å²) in [5, 5.41) is 8.44. The van der Waals surface area contributed by atoms with Gasteiger partial charge >= 0.3 is 0 Å². The molecule has 0 aliphatic heterocycles. The second kappa shape index (κ2) is 4.08. The third-order valence-corrected chi connectivity index (χ3v) is 3.04. The summed E-state index contributed by atoms with van der Waals surface area (Å²) in [6.07, 6.45) is 2.66. The Labute approximate surface area is 77.0 Å². The molecule has 1 rings (SSSR count). The molecule has 1 nitrogen and oxygen atoms in total. The number of rotatable bonds is 2. The van der Waals surface area contributed by atoms with Crippen LogP contribution in [-0.2, 0) is 6.42 Å². The zero-order valence-corrected chi connectivity index (χ0v) is 8.11. The molecule has 1 aromatic heterocycles. The van der Waals surface area contributed by atoms with Crippen molar-refractivity contribution in [1.82, 2.24) is 0 Å². The summed E-state index contributed by atoms with van der Waals surface area (Å²) in [7, 11) is 0. The number of hydrogen-bond acceptors (Lipinski definition) is 2. The van der Waals surface area contributed by atoms with Gasteiger partial charge < -0.3 is 0 Å². The second-order valence-corrected chi connectivity index (χ2v) is 3.74. The summed E-state index contributed by atoms with van der Waals surface area (Å²) < 4.78 is 0. The Hall–Kier alpha value is -1.07. The predicted molar refractivity (Wildman–Crippen MR) is 53.0 cm³/mol. The lowest BCUT2D eigenvalue weighted by Gasteiger charge is -1.90. The topological polar surface area (TPSA) is 23.8 Å². The van der Waals surface area contributed by atoms with Crippen LogP contribution < -0.4 is 0 Å². The molecule has 0 aliphatic rings. The molecule has 0 N–H and O–H groups in total. The monoisotopic (exact) mass is 177 g/mol. The van der Waals surface area contributed by atoms with Gasteiger partial charge in [0.05, 0.1) is 6.07 Å². The van der Waals surface area contributed by atoms with Gasteiger partial charge in [0.1, 0.15) is 0 Å². The van der Waals surface area contributed by atoms with Crippen LogP contribution in [0.25, 0.3) is 5.57 Å². The van der Waals surface area contributed by atoms with Crippen LogP contribution in [0.3, 0.4) is 0 Å². The molecule has 0 amide bonds. The summed E-state index contributed by atoms with van der Waals surface area (Å²) in [5.41, 5.74) is 1.06. The predicted octanol–water partition coefficient (Wildman–Crippen LogP) is 3.24. The fraction of sp³-hybridized carbons (Fsp3) is 0.300. The first-order valence-electron chi connectivity index (χ1n) is 3.93. The molecule has 0 aliphatic carbocycles. The maximum Gasteiger partial charge on any atom is 0.0915 e. The van der Waals surface area contributed by atoms with Crippen LogP contribution in [0.1, 0.15) is 23.6 Å². The van der Waals surface area contributed by atoms with Gasteiger partial charge in [-0.3, -0.25) is 0 Å². The molecule has 0 atom stereocenters. The molecule has 1 heterocycles. The smallest absolute Gasteiger partial charge is 0.0915 e. The normalized spacial score (nSPS) is 11.2. The number of allylic oxidation sites excluding steroid dienone is 2. The summed E-state index contributed by atoms with van der Waals surface area (Å²) >= 11 is 1.76. The van der Waals surface area contributed by atoms with Gasteiger partial charge in [0.25, 0.3) is 0 Å². The Bertz CT molecular complexity index is 328. The molecule has 0 saturated heterocycles. The van der Waals surface area contributed by atoms with Crippen LogP contribution in [0.2, 0.25) is 0 Å². The van der Waals surface area contributed by atoms with Gasteiger partial charge in [0.15, 0.2) is 0 Å². The first-order valence-corrected chi connectivity index (χ1v) is 4.75. The lowest BCUT2D eigenvalue weighted by atomic mass is 10.2. The van der Waals surface area contributed by atoms with Crippen LogP contribution in [0.15, 0.2) is 18.2 Å². The highest BCUT2D eigenvalue weighted by Gasteiger charge is 1.99. The Morgan fingerprint density at radius 3 is 2.92 bits per heavy atom. The van der Waals surface area contributed by atoms with Gasteiger partial charge in [-0.05, 0) is 31.1 Å². The van der Waals surface area contributed by atoms with E-state index in [1.807, 2.05) is 13.0 Å². The Morgan fingerprint density at radius 1 is 1.67 bits per heavy atom. The first kappa shape index (κ1) is 9.02. The SMILES string of the molecule is CCc1ccc(C(C)=CC#N)s1. The molecular formula is C10H11NS. The molecule has 0 bridgehead atoms. The van der Waals surface area contributed by atoms with Crippen molar-refractivity contribution in [2.75, 3.05) is 0 Å². The molecule has 2 heteroatoms. The molecule has 0 radical (unpaired) electrons. The Balaban J connectivity index is 2.90. The van der Waals surface area contributed by atoms with Gasteiger partial charge in [0, 0.05) is 15.8 Å². The van der Waals surface area contributed by atoms with Crippen molar-refractivity contribution in [3.05, 3.63) is 28.0 Å². The first-order chi connectivity index (χ1) is 5.77. The number of aryl methyl sites for hydroxylation is 1. The van der Waals surface area contributed by atoms with E-state index in [1.54, 1.807) is 17.4 Å². The number of nitrogens with zero attached hydrogens (tertiary/aromatic N) is 1. The van der Waals surface area contributed by atoms with Crippen LogP contribution in [0, 0.1) is 11.3 Å². The lowest BCUT2D eigenvalue weighted by molar-refractivity contribution is 1.19. The minimum atomic E-state index is 1.06. The number of nitriles is 1. The zero-order valence-electron chi connectivity index (χ0n) is 7.29. The molecular weight excluding hydrogens is 166 g/mol.